The number of aliphatic hydroxyl groups is 1. The van der Waals surface area contributed by atoms with Gasteiger partial charge in [0.25, 0.3) is 0 Å². The van der Waals surface area contributed by atoms with Crippen LogP contribution in [0.3, 0.4) is 0 Å². The Morgan fingerprint density at radius 1 is 1.12 bits per heavy atom. The fourth-order valence-corrected chi connectivity index (χ4v) is 4.86. The van der Waals surface area contributed by atoms with Crippen LogP contribution in [-0.4, -0.2) is 49.8 Å². The Morgan fingerprint density at radius 2 is 1.67 bits per heavy atom. The first-order chi connectivity index (χ1) is 11.2. The lowest BCUT2D eigenvalue weighted by Gasteiger charge is -2.25. The summed E-state index contributed by atoms with van der Waals surface area (Å²) in [6.45, 7) is 0. The Balaban J connectivity index is 1.59. The van der Waals surface area contributed by atoms with Crippen LogP contribution in [0.1, 0.15) is 31.2 Å². The molecule has 2 saturated carbocycles. The standard InChI is InChI=1S/C18H25NO4S/c1-19(15-8-13-10-16(20)11-14(13)9-15)18(21)7-12-3-5-17(6-4-12)24(2,22)23/h3-6,13-16,20H,7-11H2,1-2H3/t13-,14+,15?,16?. The van der Waals surface area contributed by atoms with Gasteiger partial charge in [-0.05, 0) is 55.2 Å². The molecule has 0 aromatic heterocycles. The maximum absolute atomic E-state index is 12.5. The molecule has 24 heavy (non-hydrogen) atoms. The van der Waals surface area contributed by atoms with E-state index in [0.29, 0.717) is 11.8 Å². The number of aliphatic hydroxyl groups excluding tert-OH is 1. The van der Waals surface area contributed by atoms with E-state index < -0.39 is 9.84 Å². The predicted molar refractivity (Wildman–Crippen MR) is 91.3 cm³/mol. The van der Waals surface area contributed by atoms with Gasteiger partial charge in [0.05, 0.1) is 17.4 Å². The maximum atomic E-state index is 12.5. The summed E-state index contributed by atoms with van der Waals surface area (Å²) in [5.41, 5.74) is 0.827. The van der Waals surface area contributed by atoms with Gasteiger partial charge in [-0.25, -0.2) is 8.42 Å². The largest absolute Gasteiger partial charge is 0.393 e. The normalized spacial score (nSPS) is 29.5. The number of hydrogen-bond acceptors (Lipinski definition) is 4. The van der Waals surface area contributed by atoms with Gasteiger partial charge in [0.1, 0.15) is 0 Å². The van der Waals surface area contributed by atoms with E-state index in [0.717, 1.165) is 31.2 Å². The molecule has 132 valence electrons. The summed E-state index contributed by atoms with van der Waals surface area (Å²) in [4.78, 5) is 14.6. The number of hydrogen-bond donors (Lipinski definition) is 1. The second-order valence-corrected chi connectivity index (χ2v) is 9.38. The van der Waals surface area contributed by atoms with Gasteiger partial charge in [-0.1, -0.05) is 12.1 Å². The molecule has 2 aliphatic rings. The van der Waals surface area contributed by atoms with Crippen LogP contribution in [0.15, 0.2) is 29.2 Å². The van der Waals surface area contributed by atoms with Crippen molar-refractivity contribution < 1.29 is 18.3 Å². The van der Waals surface area contributed by atoms with Gasteiger partial charge < -0.3 is 10.0 Å². The molecule has 2 aliphatic carbocycles. The number of amides is 1. The summed E-state index contributed by atoms with van der Waals surface area (Å²) >= 11 is 0. The van der Waals surface area contributed by atoms with Crippen molar-refractivity contribution >= 4 is 15.7 Å². The molecule has 1 aromatic rings. The molecule has 6 heteroatoms. The highest BCUT2D eigenvalue weighted by Crippen LogP contribution is 2.45. The van der Waals surface area contributed by atoms with Crippen molar-refractivity contribution in [3.63, 3.8) is 0 Å². The van der Waals surface area contributed by atoms with Crippen LogP contribution in [0.5, 0.6) is 0 Å². The molecular formula is C18H25NO4S. The molecule has 1 aromatic carbocycles. The third-order valence-corrected chi connectivity index (χ3v) is 6.74. The van der Waals surface area contributed by atoms with Crippen molar-refractivity contribution in [1.29, 1.82) is 0 Å². The summed E-state index contributed by atoms with van der Waals surface area (Å²) in [6, 6.07) is 6.79. The van der Waals surface area contributed by atoms with Gasteiger partial charge in [-0.2, -0.15) is 0 Å². The molecular weight excluding hydrogens is 326 g/mol. The van der Waals surface area contributed by atoms with E-state index in [-0.39, 0.29) is 29.4 Å². The summed E-state index contributed by atoms with van der Waals surface area (Å²) in [5, 5.41) is 9.72. The van der Waals surface area contributed by atoms with Gasteiger partial charge in [0.15, 0.2) is 9.84 Å². The van der Waals surface area contributed by atoms with E-state index in [1.165, 1.54) is 6.26 Å². The zero-order valence-electron chi connectivity index (χ0n) is 14.2. The lowest BCUT2D eigenvalue weighted by Crippen LogP contribution is -2.37. The molecule has 1 N–H and O–H groups in total. The number of carbonyl (C=O) groups is 1. The smallest absolute Gasteiger partial charge is 0.226 e. The Hall–Kier alpha value is -1.40. The van der Waals surface area contributed by atoms with E-state index in [1.807, 2.05) is 11.9 Å². The number of fused-ring (bicyclic) bond motifs is 1. The third-order valence-electron chi connectivity index (χ3n) is 5.61. The van der Waals surface area contributed by atoms with E-state index in [2.05, 4.69) is 0 Å². The number of rotatable bonds is 4. The van der Waals surface area contributed by atoms with Gasteiger partial charge in [0.2, 0.25) is 5.91 Å². The molecule has 5 nitrogen and oxygen atoms in total. The monoisotopic (exact) mass is 351 g/mol. The maximum Gasteiger partial charge on any atom is 0.226 e. The van der Waals surface area contributed by atoms with Crippen LogP contribution in [0, 0.1) is 11.8 Å². The molecule has 4 atom stereocenters. The first kappa shape index (κ1) is 17.4. The van der Waals surface area contributed by atoms with E-state index in [9.17, 15) is 18.3 Å². The lowest BCUT2D eigenvalue weighted by atomic mass is 10.0. The third kappa shape index (κ3) is 3.64. The highest BCUT2D eigenvalue weighted by Gasteiger charge is 2.42. The van der Waals surface area contributed by atoms with Crippen molar-refractivity contribution in [2.45, 2.75) is 49.1 Å². The van der Waals surface area contributed by atoms with Crippen molar-refractivity contribution in [2.24, 2.45) is 11.8 Å². The van der Waals surface area contributed by atoms with Crippen LogP contribution >= 0.6 is 0 Å². The van der Waals surface area contributed by atoms with Crippen LogP contribution in [0.25, 0.3) is 0 Å². The van der Waals surface area contributed by atoms with Gasteiger partial charge >= 0.3 is 0 Å². The minimum absolute atomic E-state index is 0.0626. The number of nitrogens with zero attached hydrogens (tertiary/aromatic N) is 1. The molecule has 0 spiro atoms. The first-order valence-corrected chi connectivity index (χ1v) is 10.4. The molecule has 2 unspecified atom stereocenters. The molecule has 2 fully saturated rings. The Morgan fingerprint density at radius 3 is 2.17 bits per heavy atom. The Kier molecular flexibility index (Phi) is 4.71. The highest BCUT2D eigenvalue weighted by molar-refractivity contribution is 7.90. The predicted octanol–water partition coefficient (Wildman–Crippen LogP) is 1.64. The lowest BCUT2D eigenvalue weighted by molar-refractivity contribution is -0.131. The van der Waals surface area contributed by atoms with E-state index in [1.54, 1.807) is 24.3 Å². The first-order valence-electron chi connectivity index (χ1n) is 8.46. The number of sulfone groups is 1. The van der Waals surface area contributed by atoms with Crippen molar-refractivity contribution in [3.05, 3.63) is 29.8 Å². The average Bonchev–Trinajstić information content (AvgIpc) is 3.03. The minimum atomic E-state index is -3.21. The Bertz CT molecular complexity index is 699. The topological polar surface area (TPSA) is 74.7 Å². The van der Waals surface area contributed by atoms with E-state index >= 15 is 0 Å². The van der Waals surface area contributed by atoms with Crippen LogP contribution in [-0.2, 0) is 21.1 Å². The van der Waals surface area contributed by atoms with Gasteiger partial charge in [-0.15, -0.1) is 0 Å². The zero-order chi connectivity index (χ0) is 17.5. The Labute approximate surface area is 143 Å². The van der Waals surface area contributed by atoms with Crippen LogP contribution < -0.4 is 0 Å². The number of likely N-dealkylation sites (N-methyl/N-ethyl adjacent to an activating group) is 1. The van der Waals surface area contributed by atoms with Crippen molar-refractivity contribution in [2.75, 3.05) is 13.3 Å². The summed E-state index contributed by atoms with van der Waals surface area (Å²) in [6.07, 6.45) is 5.01. The van der Waals surface area contributed by atoms with Crippen molar-refractivity contribution in [3.8, 4) is 0 Å². The fourth-order valence-electron chi connectivity index (χ4n) is 4.23. The fraction of sp³-hybridized carbons (Fsp3) is 0.611. The van der Waals surface area contributed by atoms with Gasteiger partial charge in [-0.3, -0.25) is 4.79 Å². The summed E-state index contributed by atoms with van der Waals surface area (Å²) in [5.74, 6) is 1.16. The molecule has 0 bridgehead atoms. The molecule has 0 aliphatic heterocycles. The zero-order valence-corrected chi connectivity index (χ0v) is 15.0. The second kappa shape index (κ2) is 6.48. The minimum Gasteiger partial charge on any atom is -0.393 e. The van der Waals surface area contributed by atoms with Crippen LogP contribution in [0.2, 0.25) is 0 Å². The molecule has 0 saturated heterocycles. The summed E-state index contributed by atoms with van der Waals surface area (Å²) < 4.78 is 22.9. The highest BCUT2D eigenvalue weighted by atomic mass is 32.2. The van der Waals surface area contributed by atoms with Gasteiger partial charge in [0, 0.05) is 19.3 Å². The molecule has 0 radical (unpaired) electrons. The molecule has 1 amide bonds. The average molecular weight is 351 g/mol. The molecule has 0 heterocycles. The second-order valence-electron chi connectivity index (χ2n) is 7.37. The van der Waals surface area contributed by atoms with Crippen LogP contribution in [0.4, 0.5) is 0 Å². The molecule has 3 rings (SSSR count). The summed E-state index contributed by atoms with van der Waals surface area (Å²) in [7, 11) is -1.35. The quantitative estimate of drug-likeness (QED) is 0.895. The number of carbonyl (C=O) groups excluding carboxylic acids is 1. The number of benzene rings is 1. The van der Waals surface area contributed by atoms with Crippen molar-refractivity contribution in [1.82, 2.24) is 4.90 Å². The SMILES string of the molecule is CN(C(=O)Cc1ccc(S(C)(=O)=O)cc1)C1C[C@H]2CC(O)C[C@H]2C1. The van der Waals surface area contributed by atoms with E-state index in [4.69, 9.17) is 0 Å².